The Bertz CT molecular complexity index is 801. The van der Waals surface area contributed by atoms with Crippen molar-refractivity contribution < 1.29 is 9.59 Å². The lowest BCUT2D eigenvalue weighted by atomic mass is 10.0. The normalized spacial score (nSPS) is 19.6. The topological polar surface area (TPSA) is 83.4 Å². The quantitative estimate of drug-likeness (QED) is 0.795. The van der Waals surface area contributed by atoms with E-state index < -0.39 is 0 Å². The molecule has 0 radical (unpaired) electrons. The minimum Gasteiger partial charge on any atom is -0.337 e. The van der Waals surface area contributed by atoms with Crippen molar-refractivity contribution in [2.24, 2.45) is 0 Å². The summed E-state index contributed by atoms with van der Waals surface area (Å²) in [4.78, 5) is 32.9. The molecule has 2 saturated heterocycles. The molecule has 2 aliphatic heterocycles. The third-order valence-corrected chi connectivity index (χ3v) is 5.03. The molecule has 2 aliphatic rings. The van der Waals surface area contributed by atoms with Crippen LogP contribution in [0.2, 0.25) is 0 Å². The van der Waals surface area contributed by atoms with Gasteiger partial charge in [0.05, 0.1) is 12.2 Å². The van der Waals surface area contributed by atoms with E-state index in [9.17, 15) is 9.59 Å². The molecule has 28 heavy (non-hydrogen) atoms. The van der Waals surface area contributed by atoms with Crippen molar-refractivity contribution in [3.63, 3.8) is 0 Å². The van der Waals surface area contributed by atoms with Crippen LogP contribution in [-0.2, 0) is 4.79 Å². The molecule has 2 aromatic rings. The molecule has 0 aliphatic carbocycles. The number of likely N-dealkylation sites (tertiary alicyclic amines) is 1. The maximum absolute atomic E-state index is 13.0. The van der Waals surface area contributed by atoms with Gasteiger partial charge in [0, 0.05) is 37.8 Å². The van der Waals surface area contributed by atoms with Gasteiger partial charge in [-0.05, 0) is 31.0 Å². The summed E-state index contributed by atoms with van der Waals surface area (Å²) >= 11 is 0. The molecule has 152 valence electrons. The van der Waals surface area contributed by atoms with E-state index in [-0.39, 0.29) is 42.7 Å². The fourth-order valence-electron chi connectivity index (χ4n) is 3.71. The van der Waals surface area contributed by atoms with Crippen LogP contribution < -0.4 is 5.32 Å². The van der Waals surface area contributed by atoms with Crippen LogP contribution in [-0.4, -0.2) is 75.1 Å². The fourth-order valence-corrected chi connectivity index (χ4v) is 3.71. The maximum atomic E-state index is 13.0. The maximum Gasteiger partial charge on any atom is 0.254 e. The van der Waals surface area contributed by atoms with E-state index in [0.717, 1.165) is 31.6 Å². The summed E-state index contributed by atoms with van der Waals surface area (Å²) in [5.74, 6) is 0.128. The molecule has 8 nitrogen and oxygen atoms in total. The minimum atomic E-state index is -0.000696. The van der Waals surface area contributed by atoms with Crippen LogP contribution >= 0.6 is 24.8 Å². The first-order chi connectivity index (χ1) is 12.7. The van der Waals surface area contributed by atoms with Gasteiger partial charge in [0.1, 0.15) is 12.7 Å². The van der Waals surface area contributed by atoms with Crippen LogP contribution in [0.25, 0.3) is 5.69 Å². The molecule has 3 heterocycles. The molecule has 2 amide bonds. The van der Waals surface area contributed by atoms with E-state index in [1.165, 1.54) is 6.33 Å². The molecule has 0 bridgehead atoms. The van der Waals surface area contributed by atoms with E-state index in [2.05, 4.69) is 15.4 Å². The van der Waals surface area contributed by atoms with E-state index in [4.69, 9.17) is 0 Å². The predicted molar refractivity (Wildman–Crippen MR) is 109 cm³/mol. The number of benzene rings is 1. The monoisotopic (exact) mass is 426 g/mol. The lowest BCUT2D eigenvalue weighted by molar-refractivity contribution is -0.135. The van der Waals surface area contributed by atoms with Gasteiger partial charge < -0.3 is 15.1 Å². The first kappa shape index (κ1) is 22.1. The molecule has 2 fully saturated rings. The number of aromatic nitrogens is 3. The molecule has 1 aromatic heterocycles. The molecule has 1 aromatic carbocycles. The number of piperidine rings is 1. The van der Waals surface area contributed by atoms with Gasteiger partial charge >= 0.3 is 0 Å². The Morgan fingerprint density at radius 1 is 1.21 bits per heavy atom. The molecule has 1 N–H and O–H groups in total. The Hall–Kier alpha value is -2.16. The standard InChI is InChI=1S/C18H22N6O2.2ClH/c25-17-10-19-6-8-23(17)16-5-2-7-22(11-16)18(26)14-3-1-4-15(9-14)24-13-20-12-21-24;;/h1,3-4,9,12-13,16,19H,2,5-8,10-11H2;2*1H. The molecule has 0 saturated carbocycles. The smallest absolute Gasteiger partial charge is 0.254 e. The summed E-state index contributed by atoms with van der Waals surface area (Å²) in [6.07, 6.45) is 4.94. The van der Waals surface area contributed by atoms with Crippen LogP contribution in [0.5, 0.6) is 0 Å². The lowest BCUT2D eigenvalue weighted by Crippen LogP contribution is -2.57. The van der Waals surface area contributed by atoms with Crippen molar-refractivity contribution >= 4 is 36.6 Å². The third kappa shape index (κ3) is 4.63. The summed E-state index contributed by atoms with van der Waals surface area (Å²) in [7, 11) is 0. The van der Waals surface area contributed by atoms with E-state index in [1.54, 1.807) is 11.0 Å². The molecular weight excluding hydrogens is 403 g/mol. The van der Waals surface area contributed by atoms with Crippen LogP contribution in [0.15, 0.2) is 36.9 Å². The number of rotatable bonds is 3. The lowest BCUT2D eigenvalue weighted by Gasteiger charge is -2.41. The summed E-state index contributed by atoms with van der Waals surface area (Å²) < 4.78 is 1.63. The summed E-state index contributed by atoms with van der Waals surface area (Å²) in [5, 5.41) is 7.21. The number of piperazine rings is 1. The van der Waals surface area contributed by atoms with E-state index in [0.29, 0.717) is 25.2 Å². The molecule has 1 unspecified atom stereocenters. The average Bonchev–Trinajstić information content (AvgIpc) is 3.23. The zero-order valence-electron chi connectivity index (χ0n) is 15.4. The number of carbonyl (C=O) groups is 2. The van der Waals surface area contributed by atoms with Gasteiger partial charge in [0.15, 0.2) is 0 Å². The number of halogens is 2. The number of carbonyl (C=O) groups excluding carboxylic acids is 2. The predicted octanol–water partition coefficient (Wildman–Crippen LogP) is 1.15. The number of hydrogen-bond acceptors (Lipinski definition) is 5. The molecular formula is C18H24Cl2N6O2. The first-order valence-electron chi connectivity index (χ1n) is 8.97. The molecule has 4 rings (SSSR count). The van der Waals surface area contributed by atoms with Gasteiger partial charge in [0.25, 0.3) is 5.91 Å². The van der Waals surface area contributed by atoms with Crippen molar-refractivity contribution in [2.45, 2.75) is 18.9 Å². The Morgan fingerprint density at radius 2 is 2.07 bits per heavy atom. The zero-order chi connectivity index (χ0) is 17.9. The summed E-state index contributed by atoms with van der Waals surface area (Å²) in [6.45, 7) is 3.25. The van der Waals surface area contributed by atoms with Crippen LogP contribution in [0.4, 0.5) is 0 Å². The van der Waals surface area contributed by atoms with Crippen molar-refractivity contribution in [2.75, 3.05) is 32.7 Å². The van der Waals surface area contributed by atoms with Gasteiger partial charge in [-0.15, -0.1) is 24.8 Å². The number of nitrogens with zero attached hydrogens (tertiary/aromatic N) is 5. The second kappa shape index (κ2) is 9.86. The highest BCUT2D eigenvalue weighted by Crippen LogP contribution is 2.20. The Morgan fingerprint density at radius 3 is 2.82 bits per heavy atom. The van der Waals surface area contributed by atoms with Gasteiger partial charge in [-0.2, -0.15) is 5.10 Å². The number of hydrogen-bond donors (Lipinski definition) is 1. The van der Waals surface area contributed by atoms with Gasteiger partial charge in [-0.25, -0.2) is 9.67 Å². The molecule has 10 heteroatoms. The van der Waals surface area contributed by atoms with Gasteiger partial charge in [-0.3, -0.25) is 9.59 Å². The highest BCUT2D eigenvalue weighted by atomic mass is 35.5. The Labute approximate surface area is 176 Å². The van der Waals surface area contributed by atoms with Gasteiger partial charge in [-0.1, -0.05) is 6.07 Å². The highest BCUT2D eigenvalue weighted by molar-refractivity contribution is 5.95. The Balaban J connectivity index is 0.00000140. The largest absolute Gasteiger partial charge is 0.337 e. The summed E-state index contributed by atoms with van der Waals surface area (Å²) in [6, 6.07) is 7.51. The SMILES string of the molecule is Cl.Cl.O=C(c1cccc(-n2cncn2)c1)N1CCCC(N2CCNCC2=O)C1. The fraction of sp³-hybridized carbons (Fsp3) is 0.444. The number of amides is 2. The van der Waals surface area contributed by atoms with Crippen molar-refractivity contribution in [3.8, 4) is 5.69 Å². The Kier molecular flexibility index (Phi) is 7.79. The first-order valence-corrected chi connectivity index (χ1v) is 8.97. The number of nitrogens with one attached hydrogen (secondary N) is 1. The van der Waals surface area contributed by atoms with Crippen LogP contribution in [0, 0.1) is 0 Å². The van der Waals surface area contributed by atoms with Crippen LogP contribution in [0.3, 0.4) is 0 Å². The average molecular weight is 427 g/mol. The van der Waals surface area contributed by atoms with Crippen LogP contribution in [0.1, 0.15) is 23.2 Å². The molecule has 1 atom stereocenters. The second-order valence-corrected chi connectivity index (χ2v) is 6.70. The molecule has 0 spiro atoms. The third-order valence-electron chi connectivity index (χ3n) is 5.03. The van der Waals surface area contributed by atoms with Crippen molar-refractivity contribution in [1.82, 2.24) is 29.9 Å². The van der Waals surface area contributed by atoms with Crippen molar-refractivity contribution in [1.29, 1.82) is 0 Å². The van der Waals surface area contributed by atoms with Crippen molar-refractivity contribution in [3.05, 3.63) is 42.5 Å². The van der Waals surface area contributed by atoms with Gasteiger partial charge in [0.2, 0.25) is 5.91 Å². The highest BCUT2D eigenvalue weighted by Gasteiger charge is 2.31. The minimum absolute atomic E-state index is 0. The van der Waals surface area contributed by atoms with E-state index in [1.807, 2.05) is 34.1 Å². The zero-order valence-corrected chi connectivity index (χ0v) is 17.0. The summed E-state index contributed by atoms with van der Waals surface area (Å²) in [5.41, 5.74) is 1.43. The second-order valence-electron chi connectivity index (χ2n) is 6.70. The van der Waals surface area contributed by atoms with E-state index >= 15 is 0 Å².